The zero-order valence-electron chi connectivity index (χ0n) is 33.5. The Hall–Kier alpha value is -2.06. The molecule has 0 spiro atoms. The van der Waals surface area contributed by atoms with Gasteiger partial charge < -0.3 is 24.9 Å². The number of aliphatic hydroxyl groups is 1. The van der Waals surface area contributed by atoms with E-state index < -0.39 is 11.0 Å². The van der Waals surface area contributed by atoms with E-state index in [9.17, 15) is 19.2 Å². The molecule has 1 aliphatic heterocycles. The standard InChI is InChI=1S/C42H66N2O5.CH4O/c1-27(2)36-30(46)24-42(43-34(47)12-11-23-44-21-9-10-22-44)20-15-29-28(37(36)42)13-14-32-40(29,7)18-16-31-39(5,6)33(17-19-41(31,32)8)49-35(48)25-38(3,4)26-45;1-2/h26-29,31-33H,9-25H2,1-8H3,(H,43,47);2H,1H3. The second kappa shape index (κ2) is 15.0. The smallest absolute Gasteiger partial charge is 0.307 e. The van der Waals surface area contributed by atoms with Crippen LogP contribution in [0.15, 0.2) is 11.1 Å². The molecular weight excluding hydrogens is 640 g/mol. The second-order valence-corrected chi connectivity index (χ2v) is 19.5. The first-order valence-corrected chi connectivity index (χ1v) is 20.4. The van der Waals surface area contributed by atoms with Gasteiger partial charge in [-0.05, 0) is 142 Å². The number of esters is 1. The number of amides is 1. The van der Waals surface area contributed by atoms with E-state index in [0.29, 0.717) is 36.5 Å². The van der Waals surface area contributed by atoms with Crippen LogP contribution >= 0.6 is 0 Å². The number of aliphatic hydroxyl groups excluding tert-OH is 1. The molecule has 0 aromatic rings. The summed E-state index contributed by atoms with van der Waals surface area (Å²) in [6, 6.07) is 0. The first kappa shape index (κ1) is 40.1. The summed E-state index contributed by atoms with van der Waals surface area (Å²) < 4.78 is 6.20. The molecule has 4 saturated carbocycles. The summed E-state index contributed by atoms with van der Waals surface area (Å²) in [6.07, 6.45) is 13.5. The molecule has 8 atom stereocenters. The van der Waals surface area contributed by atoms with Gasteiger partial charge >= 0.3 is 5.97 Å². The van der Waals surface area contributed by atoms with Crippen LogP contribution in [0, 0.1) is 51.2 Å². The number of rotatable bonds is 10. The molecule has 288 valence electrons. The fourth-order valence-corrected chi connectivity index (χ4v) is 13.0. The van der Waals surface area contributed by atoms with Crippen molar-refractivity contribution in [3.05, 3.63) is 11.1 Å². The molecule has 51 heavy (non-hydrogen) atoms. The van der Waals surface area contributed by atoms with Crippen LogP contribution in [0.3, 0.4) is 0 Å². The summed E-state index contributed by atoms with van der Waals surface area (Å²) in [5.74, 6) is 2.14. The third-order valence-electron chi connectivity index (χ3n) is 15.2. The molecule has 8 unspecified atom stereocenters. The Morgan fingerprint density at radius 2 is 1.63 bits per heavy atom. The molecule has 5 aliphatic carbocycles. The minimum Gasteiger partial charge on any atom is -0.462 e. The van der Waals surface area contributed by atoms with E-state index in [1.54, 1.807) is 13.8 Å². The summed E-state index contributed by atoms with van der Waals surface area (Å²) in [6.45, 7) is 21.0. The number of likely N-dealkylation sites (tertiary alicyclic amines) is 1. The molecule has 5 fully saturated rings. The maximum atomic E-state index is 13.8. The largest absolute Gasteiger partial charge is 0.462 e. The Kier molecular flexibility index (Phi) is 11.8. The summed E-state index contributed by atoms with van der Waals surface area (Å²) in [7, 11) is 1.00. The first-order valence-electron chi connectivity index (χ1n) is 20.4. The Labute approximate surface area is 308 Å². The molecule has 1 amide bonds. The monoisotopic (exact) mass is 711 g/mol. The molecule has 0 bridgehead atoms. The van der Waals surface area contributed by atoms with Crippen molar-refractivity contribution in [3.63, 3.8) is 0 Å². The van der Waals surface area contributed by atoms with Gasteiger partial charge in [-0.25, -0.2) is 0 Å². The van der Waals surface area contributed by atoms with Gasteiger partial charge in [-0.15, -0.1) is 0 Å². The summed E-state index contributed by atoms with van der Waals surface area (Å²) >= 11 is 0. The van der Waals surface area contributed by atoms with E-state index >= 15 is 0 Å². The molecular formula is C43H70N2O6. The Morgan fingerprint density at radius 3 is 2.27 bits per heavy atom. The average molecular weight is 711 g/mol. The number of fused-ring (bicyclic) bond motifs is 7. The minimum absolute atomic E-state index is 0.117. The second-order valence-electron chi connectivity index (χ2n) is 19.5. The van der Waals surface area contributed by atoms with Crippen molar-refractivity contribution in [2.24, 2.45) is 51.2 Å². The molecule has 8 nitrogen and oxygen atoms in total. The predicted octanol–water partition coefficient (Wildman–Crippen LogP) is 7.46. The summed E-state index contributed by atoms with van der Waals surface area (Å²) in [5, 5.41) is 10.6. The van der Waals surface area contributed by atoms with E-state index in [0.717, 1.165) is 96.4 Å². The zero-order chi connectivity index (χ0) is 37.6. The van der Waals surface area contributed by atoms with Gasteiger partial charge in [0.15, 0.2) is 5.78 Å². The number of hydrogen-bond acceptors (Lipinski definition) is 7. The normalized spacial score (nSPS) is 37.4. The van der Waals surface area contributed by atoms with Gasteiger partial charge in [-0.1, -0.05) is 55.4 Å². The number of aldehydes is 1. The lowest BCUT2D eigenvalue weighted by Gasteiger charge is -2.68. The maximum Gasteiger partial charge on any atom is 0.307 e. The van der Waals surface area contributed by atoms with Crippen molar-refractivity contribution in [1.82, 2.24) is 10.2 Å². The highest BCUT2D eigenvalue weighted by Crippen LogP contribution is 2.72. The summed E-state index contributed by atoms with van der Waals surface area (Å²) in [5.41, 5.74) is 1.28. The number of nitrogens with one attached hydrogen (secondary N) is 1. The van der Waals surface area contributed by atoms with Crippen LogP contribution in [0.2, 0.25) is 0 Å². The lowest BCUT2D eigenvalue weighted by molar-refractivity contribution is -0.213. The number of hydrogen-bond donors (Lipinski definition) is 2. The molecule has 1 saturated heterocycles. The molecule has 0 aromatic heterocycles. The predicted molar refractivity (Wildman–Crippen MR) is 201 cm³/mol. The number of carbonyl (C=O) groups excluding carboxylic acids is 4. The number of nitrogens with zero attached hydrogens (tertiary/aromatic N) is 1. The molecule has 0 radical (unpaired) electrons. The zero-order valence-corrected chi connectivity index (χ0v) is 33.5. The SMILES string of the molecule is CC(C)C1=C2C3CCC4C(C)(CCC5C(C)(C)C(OC(=O)CC(C)(C)C=O)CCC54C)C3CCC2(NC(=O)CCCN2CCCC2)CC1=O.CO. The Morgan fingerprint density at radius 1 is 0.961 bits per heavy atom. The highest BCUT2D eigenvalue weighted by Gasteiger charge is 2.66. The van der Waals surface area contributed by atoms with E-state index in [2.05, 4.69) is 51.8 Å². The van der Waals surface area contributed by atoms with Crippen LogP contribution < -0.4 is 5.32 Å². The Bertz CT molecular complexity index is 1360. The molecule has 2 N–H and O–H groups in total. The van der Waals surface area contributed by atoms with E-state index in [4.69, 9.17) is 9.84 Å². The quantitative estimate of drug-likeness (QED) is 0.179. The van der Waals surface area contributed by atoms with Gasteiger partial charge in [0.25, 0.3) is 0 Å². The van der Waals surface area contributed by atoms with Gasteiger partial charge in [-0.2, -0.15) is 0 Å². The molecule has 6 aliphatic rings. The van der Waals surface area contributed by atoms with Gasteiger partial charge in [-0.3, -0.25) is 14.4 Å². The highest BCUT2D eigenvalue weighted by atomic mass is 16.5. The topological polar surface area (TPSA) is 113 Å². The van der Waals surface area contributed by atoms with Crippen LogP contribution in [0.4, 0.5) is 0 Å². The number of carbonyl (C=O) groups is 4. The van der Waals surface area contributed by atoms with Crippen molar-refractivity contribution >= 4 is 23.9 Å². The van der Waals surface area contributed by atoms with Gasteiger partial charge in [0, 0.05) is 30.8 Å². The molecule has 6 rings (SSSR count). The Balaban J connectivity index is 0.00000248. The number of allylic oxidation sites excluding steroid dienone is 1. The van der Waals surface area contributed by atoms with Gasteiger partial charge in [0.1, 0.15) is 12.4 Å². The molecule has 1 heterocycles. The van der Waals surface area contributed by atoms with Crippen LogP contribution in [0.5, 0.6) is 0 Å². The molecule has 8 heteroatoms. The first-order chi connectivity index (χ1) is 24.0. The van der Waals surface area contributed by atoms with Crippen molar-refractivity contribution in [3.8, 4) is 0 Å². The van der Waals surface area contributed by atoms with E-state index in [1.807, 2.05) is 0 Å². The third kappa shape index (κ3) is 7.27. The van der Waals surface area contributed by atoms with Crippen LogP contribution in [-0.2, 0) is 23.9 Å². The fourth-order valence-electron chi connectivity index (χ4n) is 13.0. The van der Waals surface area contributed by atoms with Gasteiger partial charge in [0.05, 0.1) is 12.0 Å². The lowest BCUT2D eigenvalue weighted by Crippen LogP contribution is -2.64. The number of Topliss-reactive ketones (excluding diaryl/α,β-unsaturated/α-hetero) is 1. The third-order valence-corrected chi connectivity index (χ3v) is 15.2. The van der Waals surface area contributed by atoms with Crippen LogP contribution in [0.25, 0.3) is 0 Å². The van der Waals surface area contributed by atoms with Crippen LogP contribution in [-0.4, -0.2) is 72.3 Å². The summed E-state index contributed by atoms with van der Waals surface area (Å²) in [4.78, 5) is 54.4. The van der Waals surface area contributed by atoms with Crippen LogP contribution in [0.1, 0.15) is 145 Å². The highest BCUT2D eigenvalue weighted by molar-refractivity contribution is 6.02. The minimum atomic E-state index is -0.710. The maximum absolute atomic E-state index is 13.8. The lowest BCUT2D eigenvalue weighted by atomic mass is 9.37. The number of ketones is 1. The van der Waals surface area contributed by atoms with Crippen molar-refractivity contribution < 1.29 is 29.0 Å². The average Bonchev–Trinajstić information content (AvgIpc) is 3.68. The van der Waals surface area contributed by atoms with E-state index in [-0.39, 0.29) is 52.3 Å². The van der Waals surface area contributed by atoms with Gasteiger partial charge in [0.2, 0.25) is 5.91 Å². The van der Waals surface area contributed by atoms with Crippen molar-refractivity contribution in [2.75, 3.05) is 26.7 Å². The van der Waals surface area contributed by atoms with E-state index in [1.165, 1.54) is 18.4 Å². The van der Waals surface area contributed by atoms with Crippen molar-refractivity contribution in [2.45, 2.75) is 157 Å². The number of ether oxygens (including phenoxy) is 1. The molecule has 0 aromatic carbocycles. The fraction of sp³-hybridized carbons (Fsp3) is 0.860. The van der Waals surface area contributed by atoms with Crippen molar-refractivity contribution in [1.29, 1.82) is 0 Å².